The Morgan fingerprint density at radius 3 is 2.48 bits per heavy atom. The van der Waals surface area contributed by atoms with Crippen molar-refractivity contribution in [1.82, 2.24) is 0 Å². The molecule has 0 spiro atoms. The third-order valence-electron chi connectivity index (χ3n) is 4.01. The first-order chi connectivity index (χ1) is 14.0. The van der Waals surface area contributed by atoms with Gasteiger partial charge in [0.05, 0.1) is 3.57 Å². The molecule has 3 aromatic rings. The van der Waals surface area contributed by atoms with Crippen molar-refractivity contribution in [1.29, 1.82) is 0 Å². The van der Waals surface area contributed by atoms with Gasteiger partial charge in [0, 0.05) is 15.1 Å². The number of carboxylic acids is 1. The SMILES string of the molecule is O=C(O)COc1ccc(SC/C=C(/c2ccccc2)c2cccc(Br)c2)cc1I. The van der Waals surface area contributed by atoms with Crippen molar-refractivity contribution < 1.29 is 14.6 Å². The zero-order valence-electron chi connectivity index (χ0n) is 15.3. The Hall–Kier alpha value is -1.77. The molecule has 0 aromatic heterocycles. The Kier molecular flexibility index (Phi) is 8.20. The number of carbonyl (C=O) groups is 1. The summed E-state index contributed by atoms with van der Waals surface area (Å²) in [6, 6.07) is 24.5. The van der Waals surface area contributed by atoms with Crippen LogP contribution in [0.25, 0.3) is 5.57 Å². The zero-order valence-corrected chi connectivity index (χ0v) is 19.9. The van der Waals surface area contributed by atoms with Crippen molar-refractivity contribution in [2.45, 2.75) is 4.90 Å². The number of hydrogen-bond acceptors (Lipinski definition) is 3. The fourth-order valence-corrected chi connectivity index (χ4v) is 4.81. The third-order valence-corrected chi connectivity index (χ3v) is 6.27. The molecular formula is C23H18BrIO3S. The molecule has 148 valence electrons. The quantitative estimate of drug-likeness (QED) is 0.237. The van der Waals surface area contributed by atoms with E-state index in [9.17, 15) is 4.79 Å². The molecule has 29 heavy (non-hydrogen) atoms. The first-order valence-electron chi connectivity index (χ1n) is 8.81. The van der Waals surface area contributed by atoms with Crippen LogP contribution in [0.15, 0.2) is 88.2 Å². The molecule has 0 atom stereocenters. The van der Waals surface area contributed by atoms with Gasteiger partial charge in [-0.2, -0.15) is 0 Å². The van der Waals surface area contributed by atoms with E-state index in [1.54, 1.807) is 11.8 Å². The first-order valence-corrected chi connectivity index (χ1v) is 11.7. The number of carboxylic acid groups (broad SMARTS) is 1. The lowest BCUT2D eigenvalue weighted by molar-refractivity contribution is -0.139. The Morgan fingerprint density at radius 1 is 1.03 bits per heavy atom. The topological polar surface area (TPSA) is 46.5 Å². The van der Waals surface area contributed by atoms with E-state index in [-0.39, 0.29) is 6.61 Å². The molecule has 0 aliphatic carbocycles. The van der Waals surface area contributed by atoms with Gasteiger partial charge < -0.3 is 9.84 Å². The second-order valence-corrected chi connectivity index (χ2v) is 9.25. The highest BCUT2D eigenvalue weighted by molar-refractivity contribution is 14.1. The first kappa shape index (κ1) is 21.9. The molecule has 0 bridgehead atoms. The van der Waals surface area contributed by atoms with Gasteiger partial charge >= 0.3 is 5.97 Å². The minimum Gasteiger partial charge on any atom is -0.481 e. The summed E-state index contributed by atoms with van der Waals surface area (Å²) in [6.45, 7) is -0.335. The lowest BCUT2D eigenvalue weighted by atomic mass is 9.98. The number of hydrogen-bond donors (Lipinski definition) is 1. The fourth-order valence-electron chi connectivity index (χ4n) is 2.73. The number of ether oxygens (including phenoxy) is 1. The number of rotatable bonds is 8. The Labute approximate surface area is 196 Å². The van der Waals surface area contributed by atoms with E-state index < -0.39 is 5.97 Å². The molecule has 0 heterocycles. The maximum Gasteiger partial charge on any atom is 0.341 e. The average molecular weight is 581 g/mol. The van der Waals surface area contributed by atoms with E-state index in [1.807, 2.05) is 48.5 Å². The van der Waals surface area contributed by atoms with Crippen LogP contribution in [0.2, 0.25) is 0 Å². The second-order valence-electron chi connectivity index (χ2n) is 6.08. The van der Waals surface area contributed by atoms with Crippen LogP contribution in [-0.4, -0.2) is 23.4 Å². The summed E-state index contributed by atoms with van der Waals surface area (Å²) in [4.78, 5) is 11.8. The fraction of sp³-hybridized carbons (Fsp3) is 0.0870. The van der Waals surface area contributed by atoms with Crippen LogP contribution in [0.5, 0.6) is 5.75 Å². The van der Waals surface area contributed by atoms with Gasteiger partial charge in [0.1, 0.15) is 5.75 Å². The summed E-state index contributed by atoms with van der Waals surface area (Å²) in [5.74, 6) is 0.416. The molecule has 1 N–H and O–H groups in total. The lowest BCUT2D eigenvalue weighted by Gasteiger charge is -2.10. The van der Waals surface area contributed by atoms with Gasteiger partial charge in [-0.1, -0.05) is 64.5 Å². The molecule has 3 rings (SSSR count). The highest BCUT2D eigenvalue weighted by atomic mass is 127. The van der Waals surface area contributed by atoms with Gasteiger partial charge in [-0.25, -0.2) is 4.79 Å². The van der Waals surface area contributed by atoms with Crippen molar-refractivity contribution >= 4 is 61.8 Å². The van der Waals surface area contributed by atoms with Crippen LogP contribution in [0.1, 0.15) is 11.1 Å². The van der Waals surface area contributed by atoms with Gasteiger partial charge in [-0.3, -0.25) is 0 Å². The Balaban J connectivity index is 1.76. The smallest absolute Gasteiger partial charge is 0.341 e. The monoisotopic (exact) mass is 580 g/mol. The van der Waals surface area contributed by atoms with Crippen LogP contribution in [0.3, 0.4) is 0 Å². The molecule has 0 amide bonds. The summed E-state index contributed by atoms with van der Waals surface area (Å²) in [7, 11) is 0. The predicted molar refractivity (Wildman–Crippen MR) is 131 cm³/mol. The van der Waals surface area contributed by atoms with Crippen LogP contribution < -0.4 is 4.74 Å². The molecule has 0 aliphatic rings. The molecule has 0 radical (unpaired) electrons. The van der Waals surface area contributed by atoms with E-state index in [0.717, 1.165) is 24.3 Å². The molecular weight excluding hydrogens is 563 g/mol. The van der Waals surface area contributed by atoms with Crippen LogP contribution >= 0.6 is 50.3 Å². The average Bonchev–Trinajstić information content (AvgIpc) is 2.71. The van der Waals surface area contributed by atoms with Crippen LogP contribution in [-0.2, 0) is 4.79 Å². The third kappa shape index (κ3) is 6.62. The normalized spacial score (nSPS) is 11.3. The standard InChI is InChI=1S/C23H18BrIO3S/c24-18-8-4-7-17(13-18)20(16-5-2-1-3-6-16)11-12-29-19-9-10-22(21(25)14-19)28-15-23(26)27/h1-11,13-14H,12,15H2,(H,26,27)/b20-11-. The Bertz CT molecular complexity index is 1020. The summed E-state index contributed by atoms with van der Waals surface area (Å²) >= 11 is 7.46. The second kappa shape index (κ2) is 10.8. The minimum atomic E-state index is -0.981. The van der Waals surface area contributed by atoms with Crippen molar-refractivity contribution in [3.05, 3.63) is 98.0 Å². The summed E-state index contributed by atoms with van der Waals surface area (Å²) in [5.41, 5.74) is 3.53. The molecule has 0 saturated heterocycles. The van der Waals surface area contributed by atoms with Gasteiger partial charge in [0.25, 0.3) is 0 Å². The number of halogens is 2. The number of aliphatic carboxylic acids is 1. The number of benzene rings is 3. The highest BCUT2D eigenvalue weighted by Crippen LogP contribution is 2.30. The maximum atomic E-state index is 10.7. The van der Waals surface area contributed by atoms with Gasteiger partial charge in [0.15, 0.2) is 6.61 Å². The molecule has 6 heteroatoms. The van der Waals surface area contributed by atoms with E-state index in [4.69, 9.17) is 9.84 Å². The van der Waals surface area contributed by atoms with Gasteiger partial charge in [0.2, 0.25) is 0 Å². The van der Waals surface area contributed by atoms with Crippen molar-refractivity contribution in [2.75, 3.05) is 12.4 Å². The van der Waals surface area contributed by atoms with E-state index in [2.05, 4.69) is 68.9 Å². The van der Waals surface area contributed by atoms with E-state index >= 15 is 0 Å². The predicted octanol–water partition coefficient (Wildman–Crippen LogP) is 6.74. The molecule has 0 saturated carbocycles. The molecule has 0 aliphatic heterocycles. The molecule has 3 nitrogen and oxygen atoms in total. The van der Waals surface area contributed by atoms with Crippen molar-refractivity contribution in [3.63, 3.8) is 0 Å². The maximum absolute atomic E-state index is 10.7. The Morgan fingerprint density at radius 2 is 1.79 bits per heavy atom. The van der Waals surface area contributed by atoms with E-state index in [0.29, 0.717) is 5.75 Å². The minimum absolute atomic E-state index is 0.335. The van der Waals surface area contributed by atoms with Gasteiger partial charge in [-0.05, 0) is 69.6 Å². The van der Waals surface area contributed by atoms with E-state index in [1.165, 1.54) is 11.1 Å². The largest absolute Gasteiger partial charge is 0.481 e. The summed E-state index contributed by atoms with van der Waals surface area (Å²) < 4.78 is 7.24. The molecule has 3 aromatic carbocycles. The van der Waals surface area contributed by atoms with Crippen molar-refractivity contribution in [3.8, 4) is 5.75 Å². The molecule has 0 fully saturated rings. The van der Waals surface area contributed by atoms with Gasteiger partial charge in [-0.15, -0.1) is 11.8 Å². The summed E-state index contributed by atoms with van der Waals surface area (Å²) in [6.07, 6.45) is 2.24. The zero-order chi connectivity index (χ0) is 20.6. The summed E-state index contributed by atoms with van der Waals surface area (Å²) in [5, 5.41) is 8.75. The van der Waals surface area contributed by atoms with Crippen molar-refractivity contribution in [2.24, 2.45) is 0 Å². The highest BCUT2D eigenvalue weighted by Gasteiger charge is 2.07. The van der Waals surface area contributed by atoms with Crippen LogP contribution in [0, 0.1) is 3.57 Å². The molecule has 0 unspecified atom stereocenters. The number of thioether (sulfide) groups is 1. The van der Waals surface area contributed by atoms with Crippen LogP contribution in [0.4, 0.5) is 0 Å². The lowest BCUT2D eigenvalue weighted by Crippen LogP contribution is -2.10.